The fourth-order valence-electron chi connectivity index (χ4n) is 11.3. The van der Waals surface area contributed by atoms with Crippen LogP contribution in [-0.4, -0.2) is 28.7 Å². The molecule has 0 bridgehead atoms. The first-order chi connectivity index (χ1) is 34.7. The number of nitrogens with zero attached hydrogens (tertiary/aromatic N) is 6. The summed E-state index contributed by atoms with van der Waals surface area (Å²) in [5.74, 6) is 1.82. The molecule has 9 aromatic carbocycles. The van der Waals surface area contributed by atoms with Gasteiger partial charge in [0.05, 0.1) is 27.6 Å². The van der Waals surface area contributed by atoms with Gasteiger partial charge in [0.25, 0.3) is 0 Å². The van der Waals surface area contributed by atoms with E-state index >= 15 is 0 Å². The number of fused-ring (bicyclic) bond motifs is 15. The van der Waals surface area contributed by atoms with Gasteiger partial charge in [-0.25, -0.2) is 15.0 Å². The topological polar surface area (TPSA) is 66.6 Å². The minimum absolute atomic E-state index is 0.600. The van der Waals surface area contributed by atoms with E-state index in [1.807, 2.05) is 48.5 Å². The van der Waals surface area contributed by atoms with Gasteiger partial charge in [0.15, 0.2) is 17.5 Å². The summed E-state index contributed by atoms with van der Waals surface area (Å²) in [5.41, 5.74) is 16.3. The van der Waals surface area contributed by atoms with Crippen molar-refractivity contribution in [2.24, 2.45) is 0 Å². The summed E-state index contributed by atoms with van der Waals surface area (Å²) in [5, 5.41) is 8.29. The zero-order valence-electron chi connectivity index (χ0n) is 37.8. The van der Waals surface area contributed by atoms with Gasteiger partial charge in [-0.3, -0.25) is 0 Å². The van der Waals surface area contributed by atoms with Crippen molar-refractivity contribution < 1.29 is 4.42 Å². The molecule has 1 aliphatic carbocycles. The minimum Gasteiger partial charge on any atom is -0.456 e. The van der Waals surface area contributed by atoms with Crippen LogP contribution in [0.25, 0.3) is 134 Å². The zero-order chi connectivity index (χ0) is 45.9. The standard InChI is InChI=1S/C63H40N6O/c1-4-18-39(19-5-1)61-64-62(66-63(65-61)41-34-37-54-49(38-41)45-24-13-17-31-53(45)70-54)40-32-35-44(36-33-40)69-52-30-16-12-27-48(52)57-59-55(46-25-10-14-28-50(46)67(59)42-20-6-2-7-21-42)58-56(60(57)69)47-26-11-15-29-51(47)68(58)43-22-8-3-9-23-43/h1-9,11-24,26-38H,10,25H2. The van der Waals surface area contributed by atoms with E-state index in [4.69, 9.17) is 19.4 Å². The van der Waals surface area contributed by atoms with Crippen molar-refractivity contribution in [1.82, 2.24) is 28.7 Å². The van der Waals surface area contributed by atoms with Crippen molar-refractivity contribution >= 4 is 82.5 Å². The Hall–Kier alpha value is -9.33. The van der Waals surface area contributed by atoms with Gasteiger partial charge in [-0.2, -0.15) is 0 Å². The Balaban J connectivity index is 1.01. The smallest absolute Gasteiger partial charge is 0.164 e. The van der Waals surface area contributed by atoms with E-state index in [2.05, 4.69) is 184 Å². The molecule has 0 radical (unpaired) electrons. The molecule has 0 atom stereocenters. The Morgan fingerprint density at radius 1 is 0.371 bits per heavy atom. The Bertz CT molecular complexity index is 4440. The first-order valence-electron chi connectivity index (χ1n) is 23.9. The van der Waals surface area contributed by atoms with Crippen LogP contribution in [0.5, 0.6) is 0 Å². The molecule has 14 aromatic rings. The van der Waals surface area contributed by atoms with Crippen molar-refractivity contribution in [2.45, 2.75) is 12.8 Å². The average Bonchev–Trinajstić information content (AvgIpc) is 4.19. The van der Waals surface area contributed by atoms with E-state index in [9.17, 15) is 0 Å². The number of allylic oxidation sites excluding steroid dienone is 1. The van der Waals surface area contributed by atoms with Crippen molar-refractivity contribution in [3.05, 3.63) is 224 Å². The summed E-state index contributed by atoms with van der Waals surface area (Å²) in [6.07, 6.45) is 6.64. The van der Waals surface area contributed by atoms with Gasteiger partial charge in [-0.15, -0.1) is 0 Å². The van der Waals surface area contributed by atoms with Crippen molar-refractivity contribution in [1.29, 1.82) is 0 Å². The third-order valence-corrected chi connectivity index (χ3v) is 14.3. The third-order valence-electron chi connectivity index (χ3n) is 14.3. The number of rotatable bonds is 6. The van der Waals surface area contributed by atoms with Gasteiger partial charge in [-0.1, -0.05) is 127 Å². The first-order valence-corrected chi connectivity index (χ1v) is 23.9. The fraction of sp³-hybridized carbons (Fsp3) is 0.0317. The molecule has 0 N–H and O–H groups in total. The maximum atomic E-state index is 6.20. The Morgan fingerprint density at radius 2 is 0.843 bits per heavy atom. The molecule has 0 saturated heterocycles. The van der Waals surface area contributed by atoms with E-state index in [0.29, 0.717) is 17.5 Å². The van der Waals surface area contributed by atoms with Gasteiger partial charge in [0, 0.05) is 77.2 Å². The lowest BCUT2D eigenvalue weighted by molar-refractivity contribution is 0.669. The third kappa shape index (κ3) is 5.66. The maximum Gasteiger partial charge on any atom is 0.164 e. The predicted molar refractivity (Wildman–Crippen MR) is 286 cm³/mol. The molecule has 7 nitrogen and oxygen atoms in total. The van der Waals surface area contributed by atoms with E-state index in [1.54, 1.807) is 0 Å². The average molecular weight is 897 g/mol. The van der Waals surface area contributed by atoms with E-state index in [1.165, 1.54) is 60.3 Å². The monoisotopic (exact) mass is 896 g/mol. The van der Waals surface area contributed by atoms with Gasteiger partial charge >= 0.3 is 0 Å². The first kappa shape index (κ1) is 38.7. The summed E-state index contributed by atoms with van der Waals surface area (Å²) in [6, 6.07) is 72.9. The number of hydrogen-bond donors (Lipinski definition) is 0. The van der Waals surface area contributed by atoms with Crippen LogP contribution in [0.2, 0.25) is 0 Å². The Morgan fingerprint density at radius 3 is 1.50 bits per heavy atom. The number of para-hydroxylation sites is 5. The van der Waals surface area contributed by atoms with Gasteiger partial charge < -0.3 is 18.1 Å². The Labute approximate surface area is 401 Å². The van der Waals surface area contributed by atoms with E-state index in [-0.39, 0.29) is 0 Å². The van der Waals surface area contributed by atoms with Crippen LogP contribution in [0.15, 0.2) is 217 Å². The zero-order valence-corrected chi connectivity index (χ0v) is 37.8. The summed E-state index contributed by atoms with van der Waals surface area (Å²) in [7, 11) is 0. The summed E-state index contributed by atoms with van der Waals surface area (Å²) in [6.45, 7) is 0. The molecule has 0 aliphatic heterocycles. The highest BCUT2D eigenvalue weighted by Crippen LogP contribution is 2.50. The van der Waals surface area contributed by atoms with Gasteiger partial charge in [0.1, 0.15) is 11.2 Å². The van der Waals surface area contributed by atoms with Crippen LogP contribution in [-0.2, 0) is 6.42 Å². The second-order valence-corrected chi connectivity index (χ2v) is 18.2. The van der Waals surface area contributed by atoms with Gasteiger partial charge in [0.2, 0.25) is 0 Å². The highest BCUT2D eigenvalue weighted by molar-refractivity contribution is 6.37. The van der Waals surface area contributed by atoms with Crippen LogP contribution >= 0.6 is 0 Å². The largest absolute Gasteiger partial charge is 0.456 e. The number of aromatic nitrogens is 6. The molecule has 5 aromatic heterocycles. The SMILES string of the molecule is C1=Cc2c(c3c(c4c5ccccc5n(-c5ccc(-c6nc(-c7ccccc7)nc(-c7ccc8oc9ccccc9c8c7)n6)cc5)c4c4c5ccccc5n(-c5ccccc5)c34)n2-c2ccccc2)CC1. The normalized spacial score (nSPS) is 12.7. The van der Waals surface area contributed by atoms with Crippen molar-refractivity contribution in [2.75, 3.05) is 0 Å². The molecule has 7 heteroatoms. The molecule has 0 spiro atoms. The van der Waals surface area contributed by atoms with E-state index in [0.717, 1.165) is 74.0 Å². The molecule has 0 unspecified atom stereocenters. The number of furan rings is 1. The van der Waals surface area contributed by atoms with Crippen molar-refractivity contribution in [3.63, 3.8) is 0 Å². The molecule has 15 rings (SSSR count). The molecule has 0 amide bonds. The molecule has 5 heterocycles. The molecular weight excluding hydrogens is 857 g/mol. The summed E-state index contributed by atoms with van der Waals surface area (Å²) >= 11 is 0. The molecule has 70 heavy (non-hydrogen) atoms. The van der Waals surface area contributed by atoms with Crippen LogP contribution < -0.4 is 0 Å². The van der Waals surface area contributed by atoms with E-state index < -0.39 is 0 Å². The summed E-state index contributed by atoms with van der Waals surface area (Å²) in [4.78, 5) is 15.4. The van der Waals surface area contributed by atoms with Crippen molar-refractivity contribution in [3.8, 4) is 51.2 Å². The number of aryl methyl sites for hydroxylation is 1. The second kappa shape index (κ2) is 15.1. The van der Waals surface area contributed by atoms with Gasteiger partial charge in [-0.05, 0) is 109 Å². The quantitative estimate of drug-likeness (QED) is 0.167. The van der Waals surface area contributed by atoms with Crippen LogP contribution in [0.4, 0.5) is 0 Å². The fourth-order valence-corrected chi connectivity index (χ4v) is 11.3. The van der Waals surface area contributed by atoms with Crippen LogP contribution in [0.1, 0.15) is 17.7 Å². The highest BCUT2D eigenvalue weighted by Gasteiger charge is 2.31. The maximum absolute atomic E-state index is 6.20. The second-order valence-electron chi connectivity index (χ2n) is 18.2. The highest BCUT2D eigenvalue weighted by atomic mass is 16.3. The molecular formula is C63H40N6O. The number of hydrogen-bond acceptors (Lipinski definition) is 4. The molecule has 0 fully saturated rings. The van der Waals surface area contributed by atoms with Crippen LogP contribution in [0.3, 0.4) is 0 Å². The van der Waals surface area contributed by atoms with Crippen LogP contribution in [0, 0.1) is 0 Å². The summed E-state index contributed by atoms with van der Waals surface area (Å²) < 4.78 is 13.7. The Kier molecular flexibility index (Phi) is 8.35. The predicted octanol–water partition coefficient (Wildman–Crippen LogP) is 15.9. The molecule has 0 saturated carbocycles. The molecule has 328 valence electrons. The lowest BCUT2D eigenvalue weighted by atomic mass is 9.97. The minimum atomic E-state index is 0.600. The lowest BCUT2D eigenvalue weighted by Crippen LogP contribution is -2.01. The number of benzene rings is 9. The lowest BCUT2D eigenvalue weighted by Gasteiger charge is -2.14. The molecule has 1 aliphatic rings.